The number of hydrogen-bond acceptors (Lipinski definition) is 2. The molecule has 0 spiro atoms. The van der Waals surface area contributed by atoms with Gasteiger partial charge >= 0.3 is 0 Å². The second-order valence-corrected chi connectivity index (χ2v) is 21.4. The molecule has 6 heterocycles. The highest BCUT2D eigenvalue weighted by molar-refractivity contribution is 7.26. The number of thiophene rings is 1. The quantitative estimate of drug-likeness (QED) is 0.173. The molecule has 18 aromatic rings. The second kappa shape index (κ2) is 16.7. The monoisotopic (exact) mass is 1010 g/mol. The number of para-hydroxylation sites is 8. The van der Waals surface area contributed by atoms with Gasteiger partial charge in [0.15, 0.2) is 5.58 Å². The number of fused-ring (bicyclic) bond motifs is 18. The summed E-state index contributed by atoms with van der Waals surface area (Å²) in [5.74, 6) is 0. The van der Waals surface area contributed by atoms with E-state index in [1.54, 1.807) is 0 Å². The maximum Gasteiger partial charge on any atom is 0.159 e. The topological polar surface area (TPSA) is 32.9 Å². The number of furan rings is 1. The lowest BCUT2D eigenvalue weighted by molar-refractivity contribution is 0.666. The number of rotatable bonds is 4. The number of benzene rings is 12. The average Bonchev–Trinajstić information content (AvgIpc) is 4.55. The molecule has 0 aliphatic heterocycles. The minimum Gasteiger partial charge on any atom is -0.454 e. The van der Waals surface area contributed by atoms with Gasteiger partial charge < -0.3 is 22.7 Å². The van der Waals surface area contributed by atoms with Gasteiger partial charge in [-0.2, -0.15) is 0 Å². The first-order valence-electron chi connectivity index (χ1n) is 26.6. The molecule has 0 saturated heterocycles. The van der Waals surface area contributed by atoms with Crippen LogP contribution < -0.4 is 0 Å². The van der Waals surface area contributed by atoms with Crippen LogP contribution in [-0.4, -0.2) is 18.3 Å². The molecule has 0 amide bonds. The van der Waals surface area contributed by atoms with Crippen molar-refractivity contribution in [3.63, 3.8) is 0 Å². The first kappa shape index (κ1) is 43.1. The van der Waals surface area contributed by atoms with Crippen molar-refractivity contribution < 1.29 is 4.42 Å². The van der Waals surface area contributed by atoms with Crippen LogP contribution in [0.1, 0.15) is 0 Å². The Morgan fingerprint density at radius 2 is 0.603 bits per heavy atom. The van der Waals surface area contributed by atoms with Crippen LogP contribution in [-0.2, 0) is 0 Å². The normalized spacial score (nSPS) is 12.1. The minimum atomic E-state index is 0.910. The van der Waals surface area contributed by atoms with Crippen LogP contribution in [0.15, 0.2) is 271 Å². The maximum absolute atomic E-state index is 6.46. The highest BCUT2D eigenvalue weighted by atomic mass is 32.1. The van der Waals surface area contributed by atoms with Crippen LogP contribution in [0.25, 0.3) is 152 Å². The van der Waals surface area contributed by atoms with E-state index in [-0.39, 0.29) is 0 Å². The molecule has 0 saturated carbocycles. The highest BCUT2D eigenvalue weighted by Gasteiger charge is 2.21. The molecule has 5 nitrogen and oxygen atoms in total. The lowest BCUT2D eigenvalue weighted by Crippen LogP contribution is -1.96. The van der Waals surface area contributed by atoms with E-state index < -0.39 is 0 Å². The largest absolute Gasteiger partial charge is 0.454 e. The van der Waals surface area contributed by atoms with Gasteiger partial charge in [-0.3, -0.25) is 0 Å². The fourth-order valence-corrected chi connectivity index (χ4v) is 14.1. The Labute approximate surface area is 450 Å². The molecule has 18 rings (SSSR count). The van der Waals surface area contributed by atoms with Crippen molar-refractivity contribution in [1.29, 1.82) is 0 Å². The van der Waals surface area contributed by atoms with Crippen molar-refractivity contribution in [2.24, 2.45) is 0 Å². The SMILES string of the molecule is c1ccc2c(c1)oc1c(-n3c4ccccc4c4cc(-n5c6ccccc6c6ccccc65)ccc43)cccc12.c1ccc2c(c1)sc1c(-n3c4ccccc4c4cc(-n5c6ccccc6c6ccccc65)ccc43)cccc12. The molecule has 0 aliphatic carbocycles. The van der Waals surface area contributed by atoms with Crippen LogP contribution in [0.5, 0.6) is 0 Å². The number of aromatic nitrogens is 4. The summed E-state index contributed by atoms with van der Waals surface area (Å²) in [4.78, 5) is 0. The van der Waals surface area contributed by atoms with Gasteiger partial charge in [0.1, 0.15) is 5.58 Å². The summed E-state index contributed by atoms with van der Waals surface area (Å²) in [6.45, 7) is 0. The van der Waals surface area contributed by atoms with Gasteiger partial charge in [-0.1, -0.05) is 170 Å². The lowest BCUT2D eigenvalue weighted by Gasteiger charge is -2.11. The van der Waals surface area contributed by atoms with Crippen LogP contribution in [0.2, 0.25) is 0 Å². The lowest BCUT2D eigenvalue weighted by atomic mass is 10.1. The summed E-state index contributed by atoms with van der Waals surface area (Å²) >= 11 is 1.88. The molecule has 78 heavy (non-hydrogen) atoms. The molecular formula is C72H44N4OS. The Morgan fingerprint density at radius 3 is 1.12 bits per heavy atom. The van der Waals surface area contributed by atoms with Gasteiger partial charge in [0.25, 0.3) is 0 Å². The van der Waals surface area contributed by atoms with Gasteiger partial charge in [0, 0.05) is 80.7 Å². The van der Waals surface area contributed by atoms with E-state index in [9.17, 15) is 0 Å². The van der Waals surface area contributed by atoms with Crippen LogP contribution in [0.4, 0.5) is 0 Å². The molecule has 0 fully saturated rings. The highest BCUT2D eigenvalue weighted by Crippen LogP contribution is 2.44. The third-order valence-electron chi connectivity index (χ3n) is 16.2. The Hall–Kier alpha value is -10.1. The predicted octanol–water partition coefficient (Wildman–Crippen LogP) is 20.0. The third kappa shape index (κ3) is 6.17. The summed E-state index contributed by atoms with van der Waals surface area (Å²) in [7, 11) is 0. The number of nitrogens with zero attached hydrogens (tertiary/aromatic N) is 4. The molecule has 0 unspecified atom stereocenters. The van der Waals surface area contributed by atoms with Crippen LogP contribution in [0, 0.1) is 0 Å². The molecule has 12 aromatic carbocycles. The molecule has 6 aromatic heterocycles. The molecule has 0 atom stereocenters. The van der Waals surface area contributed by atoms with Crippen molar-refractivity contribution in [1.82, 2.24) is 18.3 Å². The molecule has 0 bridgehead atoms. The predicted molar refractivity (Wildman–Crippen MR) is 330 cm³/mol. The van der Waals surface area contributed by atoms with E-state index in [1.165, 1.54) is 113 Å². The maximum atomic E-state index is 6.46. The van der Waals surface area contributed by atoms with Gasteiger partial charge in [0.2, 0.25) is 0 Å². The number of hydrogen-bond donors (Lipinski definition) is 0. The van der Waals surface area contributed by atoms with E-state index in [2.05, 4.69) is 273 Å². The Bertz CT molecular complexity index is 5040. The molecule has 6 heteroatoms. The molecular weight excluding hydrogens is 969 g/mol. The average molecular weight is 1010 g/mol. The molecule has 0 N–H and O–H groups in total. The zero-order chi connectivity index (χ0) is 51.0. The third-order valence-corrected chi connectivity index (χ3v) is 17.4. The Kier molecular flexibility index (Phi) is 9.22. The zero-order valence-corrected chi connectivity index (χ0v) is 42.8. The van der Waals surface area contributed by atoms with Crippen molar-refractivity contribution in [3.8, 4) is 22.7 Å². The standard InChI is InChI=1S/C36H22N2O.C36H22N2S/c2*1-5-15-30-24(10-1)25-11-2-6-16-31(25)37(30)23-20-21-33-29(22-23)26-12-3-7-17-32(26)38(33)34-18-9-14-28-27-13-4-8-19-35(27)39-36(28)34/h2*1-22H. The molecule has 0 radical (unpaired) electrons. The Morgan fingerprint density at radius 1 is 0.244 bits per heavy atom. The minimum absolute atomic E-state index is 0.910. The van der Waals surface area contributed by atoms with Gasteiger partial charge in [-0.25, -0.2) is 0 Å². The van der Waals surface area contributed by atoms with E-state index in [0.717, 1.165) is 38.8 Å². The Balaban J connectivity index is 0.000000126. The van der Waals surface area contributed by atoms with Crippen LogP contribution >= 0.6 is 11.3 Å². The second-order valence-electron chi connectivity index (χ2n) is 20.4. The summed E-state index contributed by atoms with van der Waals surface area (Å²) in [5.41, 5.74) is 16.1. The molecule has 0 aliphatic rings. The van der Waals surface area contributed by atoms with Gasteiger partial charge in [0.05, 0.1) is 60.2 Å². The summed E-state index contributed by atoms with van der Waals surface area (Å²) in [5, 5.41) is 15.0. The van der Waals surface area contributed by atoms with E-state index in [4.69, 9.17) is 4.42 Å². The van der Waals surface area contributed by atoms with E-state index >= 15 is 0 Å². The van der Waals surface area contributed by atoms with Crippen molar-refractivity contribution in [2.75, 3.05) is 0 Å². The zero-order valence-electron chi connectivity index (χ0n) is 42.0. The summed E-state index contributed by atoms with van der Waals surface area (Å²) in [6, 6.07) is 96.2. The van der Waals surface area contributed by atoms with Gasteiger partial charge in [-0.05, 0) is 97.1 Å². The fraction of sp³-hybridized carbons (Fsp3) is 0. The molecule has 364 valence electrons. The first-order valence-corrected chi connectivity index (χ1v) is 27.4. The summed E-state index contributed by atoms with van der Waals surface area (Å²) in [6.07, 6.45) is 0. The van der Waals surface area contributed by atoms with Crippen LogP contribution in [0.3, 0.4) is 0 Å². The summed E-state index contributed by atoms with van der Waals surface area (Å²) < 4.78 is 18.7. The van der Waals surface area contributed by atoms with Crippen molar-refractivity contribution in [3.05, 3.63) is 267 Å². The van der Waals surface area contributed by atoms with Gasteiger partial charge in [-0.15, -0.1) is 11.3 Å². The van der Waals surface area contributed by atoms with E-state index in [0.29, 0.717) is 0 Å². The smallest absolute Gasteiger partial charge is 0.159 e. The van der Waals surface area contributed by atoms with Crippen molar-refractivity contribution >= 4 is 141 Å². The first-order chi connectivity index (χ1) is 38.7. The fourth-order valence-electron chi connectivity index (χ4n) is 12.9. The van der Waals surface area contributed by atoms with E-state index in [1.807, 2.05) is 23.5 Å². The van der Waals surface area contributed by atoms with Crippen molar-refractivity contribution in [2.45, 2.75) is 0 Å².